The van der Waals surface area contributed by atoms with Gasteiger partial charge in [0.2, 0.25) is 5.78 Å². The molecule has 0 fully saturated rings. The molecule has 7 heteroatoms. The Morgan fingerprint density at radius 1 is 1.00 bits per heavy atom. The number of carbonyl (C=O) groups is 1. The number of rotatable bonds is 12. The van der Waals surface area contributed by atoms with E-state index in [0.717, 1.165) is 11.4 Å². The second-order valence-corrected chi connectivity index (χ2v) is 9.91. The number of unbranched alkanes of at least 4 members (excludes halogenated alkanes) is 9. The number of aliphatic hydroxyl groups is 1. The summed E-state index contributed by atoms with van der Waals surface area (Å²) in [6.45, 7) is 4.79. The lowest BCUT2D eigenvalue weighted by atomic mass is 9.88. The summed E-state index contributed by atoms with van der Waals surface area (Å²) in [4.78, 5) is 21.6. The Morgan fingerprint density at radius 2 is 1.67 bits per heavy atom. The van der Waals surface area contributed by atoms with Crippen LogP contribution in [0.15, 0.2) is 27.6 Å². The highest BCUT2D eigenvalue weighted by molar-refractivity contribution is 8.19. The van der Waals surface area contributed by atoms with Crippen molar-refractivity contribution in [3.8, 4) is 0 Å². The molecule has 1 N–H and O–H groups in total. The lowest BCUT2D eigenvalue weighted by Gasteiger charge is -2.20. The van der Waals surface area contributed by atoms with Crippen molar-refractivity contribution in [2.24, 2.45) is 4.99 Å². The van der Waals surface area contributed by atoms with Crippen molar-refractivity contribution in [1.82, 2.24) is 4.98 Å². The summed E-state index contributed by atoms with van der Waals surface area (Å²) in [5, 5.41) is 12.4. The standard InChI is InChI=1S/C23H30N2O3S2/c1-3-4-5-6-7-8-9-10-11-12-13-28-18-15-25-23(30-18)20-21(26)19(22(20)27)17-14-24-16(2)29-17/h14-15H,3-13H2,1-2H3/p+1. The van der Waals surface area contributed by atoms with Crippen LogP contribution in [0.3, 0.4) is 0 Å². The molecule has 0 atom stereocenters. The van der Waals surface area contributed by atoms with Gasteiger partial charge in [0.15, 0.2) is 0 Å². The smallest absolute Gasteiger partial charge is 0.403 e. The molecule has 30 heavy (non-hydrogen) atoms. The Morgan fingerprint density at radius 3 is 2.27 bits per heavy atom. The van der Waals surface area contributed by atoms with E-state index >= 15 is 0 Å². The van der Waals surface area contributed by atoms with Gasteiger partial charge in [0, 0.05) is 24.4 Å². The van der Waals surface area contributed by atoms with Gasteiger partial charge >= 0.3 is 5.12 Å². The molecule has 5 nitrogen and oxygen atoms in total. The van der Waals surface area contributed by atoms with Crippen LogP contribution in [0.2, 0.25) is 0 Å². The molecule has 0 spiro atoms. The summed E-state index contributed by atoms with van der Waals surface area (Å²) in [5.41, 5.74) is 0.633. The molecular formula is C23H31N2O3S2+. The summed E-state index contributed by atoms with van der Waals surface area (Å²) in [7, 11) is 0. The van der Waals surface area contributed by atoms with Gasteiger partial charge in [-0.1, -0.05) is 58.3 Å². The van der Waals surface area contributed by atoms with Crippen LogP contribution >= 0.6 is 23.1 Å². The van der Waals surface area contributed by atoms with Crippen molar-refractivity contribution in [3.05, 3.63) is 32.4 Å². The topological polar surface area (TPSA) is 73.9 Å². The molecule has 1 aromatic rings. The fourth-order valence-corrected chi connectivity index (χ4v) is 5.17. The number of aryl methyl sites for hydroxylation is 1. The van der Waals surface area contributed by atoms with Gasteiger partial charge in [-0.3, -0.25) is 4.79 Å². The Hall–Kier alpha value is -1.73. The number of aliphatic hydroxyl groups excluding tert-OH is 1. The average molecular weight is 448 g/mol. The maximum atomic E-state index is 12.5. The minimum absolute atomic E-state index is 0.0132. The maximum Gasteiger partial charge on any atom is 0.403 e. The Labute approximate surface area is 187 Å². The normalized spacial score (nSPS) is 19.9. The first-order chi connectivity index (χ1) is 14.6. The van der Waals surface area contributed by atoms with E-state index in [-0.39, 0.29) is 17.1 Å². The molecular weight excluding hydrogens is 416 g/mol. The van der Waals surface area contributed by atoms with Gasteiger partial charge in [-0.05, 0) is 13.3 Å². The second-order valence-electron chi connectivity index (χ2n) is 7.69. The van der Waals surface area contributed by atoms with Gasteiger partial charge < -0.3 is 5.11 Å². The van der Waals surface area contributed by atoms with Crippen LogP contribution in [-0.4, -0.2) is 33.8 Å². The number of thiazole rings is 1. The van der Waals surface area contributed by atoms with Crippen LogP contribution in [0, 0.1) is 6.92 Å². The summed E-state index contributed by atoms with van der Waals surface area (Å²) in [5.74, 6) is -0.161. The minimum atomic E-state index is -0.174. The maximum absolute atomic E-state index is 12.5. The van der Waals surface area contributed by atoms with Gasteiger partial charge in [0.25, 0.3) is 6.61 Å². The molecule has 0 aromatic carbocycles. The molecule has 2 heterocycles. The third kappa shape index (κ3) is 5.91. The highest BCUT2D eigenvalue weighted by Gasteiger charge is 2.40. The van der Waals surface area contributed by atoms with Gasteiger partial charge in [0.05, 0.1) is 21.0 Å². The van der Waals surface area contributed by atoms with E-state index in [0.29, 0.717) is 27.2 Å². The quantitative estimate of drug-likeness (QED) is 0.231. The van der Waals surface area contributed by atoms with E-state index in [1.807, 2.05) is 6.92 Å². The van der Waals surface area contributed by atoms with Crippen LogP contribution in [-0.2, 0) is 9.22 Å². The van der Waals surface area contributed by atoms with Crippen LogP contribution in [0.4, 0.5) is 0 Å². The highest BCUT2D eigenvalue weighted by atomic mass is 32.2. The number of aromatic nitrogens is 1. The number of Topliss-reactive ketones (excluding diaryl/α,β-unsaturated/α-hetero) is 1. The van der Waals surface area contributed by atoms with Crippen molar-refractivity contribution in [2.45, 2.75) is 78.1 Å². The van der Waals surface area contributed by atoms with E-state index in [4.69, 9.17) is 4.42 Å². The average Bonchev–Trinajstić information content (AvgIpc) is 3.35. The van der Waals surface area contributed by atoms with E-state index in [9.17, 15) is 9.90 Å². The predicted molar refractivity (Wildman–Crippen MR) is 126 cm³/mol. The number of ketones is 1. The van der Waals surface area contributed by atoms with Crippen molar-refractivity contribution < 1.29 is 14.3 Å². The van der Waals surface area contributed by atoms with Gasteiger partial charge in [-0.15, -0.1) is 11.3 Å². The van der Waals surface area contributed by atoms with Crippen molar-refractivity contribution in [3.63, 3.8) is 0 Å². The number of nitrogens with zero attached hydrogens (tertiary/aromatic N) is 2. The molecule has 0 bridgehead atoms. The summed E-state index contributed by atoms with van der Waals surface area (Å²) in [6.07, 6.45) is 16.2. The van der Waals surface area contributed by atoms with Crippen molar-refractivity contribution >= 4 is 45.8 Å². The van der Waals surface area contributed by atoms with E-state index in [2.05, 4.69) is 16.9 Å². The van der Waals surface area contributed by atoms with Gasteiger partial charge in [-0.25, -0.2) is 14.4 Å². The zero-order valence-electron chi connectivity index (χ0n) is 17.9. The first kappa shape index (κ1) is 22.9. The molecule has 1 aromatic heterocycles. The first-order valence-electron chi connectivity index (χ1n) is 11.0. The largest absolute Gasteiger partial charge is 0.506 e. The number of aliphatic imine (C=N–C) groups is 1. The summed E-state index contributed by atoms with van der Waals surface area (Å²) < 4.78 is 5.79. The van der Waals surface area contributed by atoms with Crippen molar-refractivity contribution in [2.75, 3.05) is 6.61 Å². The number of hydrogen-bond acceptors (Lipinski definition) is 6. The molecule has 162 valence electrons. The van der Waals surface area contributed by atoms with Crippen LogP contribution in [0.1, 0.15) is 81.0 Å². The van der Waals surface area contributed by atoms with Crippen LogP contribution in [0.25, 0.3) is 5.57 Å². The van der Waals surface area contributed by atoms with E-state index in [1.54, 1.807) is 12.4 Å². The molecule has 0 radical (unpaired) electrons. The first-order valence-corrected chi connectivity index (χ1v) is 12.6. The molecule has 0 saturated heterocycles. The second kappa shape index (κ2) is 11.6. The lowest BCUT2D eigenvalue weighted by molar-refractivity contribution is -0.452. The summed E-state index contributed by atoms with van der Waals surface area (Å²) >= 11 is 2.71. The number of allylic oxidation sites excluding steroid dienone is 2. The monoisotopic (exact) mass is 447 g/mol. The Kier molecular flexibility index (Phi) is 8.88. The molecule has 1 aliphatic carbocycles. The molecule has 0 saturated carbocycles. The molecule has 0 amide bonds. The molecule has 3 rings (SSSR count). The van der Waals surface area contributed by atoms with E-state index in [1.165, 1.54) is 80.9 Å². The minimum Gasteiger partial charge on any atom is -0.506 e. The Balaban J connectivity index is 1.38. The fraction of sp³-hybridized carbons (Fsp3) is 0.565. The lowest BCUT2D eigenvalue weighted by Crippen LogP contribution is -2.21. The summed E-state index contributed by atoms with van der Waals surface area (Å²) in [6, 6.07) is 0. The molecule has 1 aliphatic heterocycles. The number of carbonyl (C=O) groups excluding carboxylic acids is 2. The molecule has 0 unspecified atom stereocenters. The SMILES string of the molecule is CCCCCCCCCCCC/[O+]=C1C=N/C(=C2/C(=O)C(c3cnc(C)s3)=C2O)S\1. The zero-order chi connectivity index (χ0) is 21.3. The third-order valence-electron chi connectivity index (χ3n) is 5.24. The zero-order valence-corrected chi connectivity index (χ0v) is 19.5. The predicted octanol–water partition coefficient (Wildman–Crippen LogP) is 6.32. The van der Waals surface area contributed by atoms with Crippen molar-refractivity contribution in [1.29, 1.82) is 0 Å². The number of thioether (sulfide) groups is 1. The highest BCUT2D eigenvalue weighted by Crippen LogP contribution is 2.43. The van der Waals surface area contributed by atoms with Gasteiger partial charge in [-0.2, -0.15) is 0 Å². The molecule has 2 aliphatic rings. The fourth-order valence-electron chi connectivity index (χ4n) is 3.51. The van der Waals surface area contributed by atoms with Gasteiger partial charge in [0.1, 0.15) is 17.0 Å². The number of hydrogen-bond donors (Lipinski definition) is 1. The Bertz CT molecular complexity index is 881. The van der Waals surface area contributed by atoms with E-state index < -0.39 is 0 Å². The third-order valence-corrected chi connectivity index (χ3v) is 7.09. The van der Waals surface area contributed by atoms with Crippen LogP contribution < -0.4 is 0 Å². The van der Waals surface area contributed by atoms with Crippen LogP contribution in [0.5, 0.6) is 0 Å².